The van der Waals surface area contributed by atoms with Gasteiger partial charge in [-0.2, -0.15) is 5.26 Å². The second-order valence-corrected chi connectivity index (χ2v) is 4.80. The molecule has 0 aliphatic carbocycles. The summed E-state index contributed by atoms with van der Waals surface area (Å²) in [4.78, 5) is 6.65. The topological polar surface area (TPSA) is 52.0 Å². The van der Waals surface area contributed by atoms with Gasteiger partial charge in [0, 0.05) is 25.3 Å². The van der Waals surface area contributed by atoms with Crippen LogP contribution < -0.4 is 10.2 Å². The first kappa shape index (κ1) is 15.5. The summed E-state index contributed by atoms with van der Waals surface area (Å²) in [5, 5.41) is 12.3. The Morgan fingerprint density at radius 3 is 2.58 bits per heavy atom. The van der Waals surface area contributed by atoms with Crippen molar-refractivity contribution in [3.05, 3.63) is 23.9 Å². The zero-order chi connectivity index (χ0) is 14.3. The Bertz CT molecular complexity index is 407. The molecule has 1 aromatic rings. The molecule has 4 nitrogen and oxygen atoms in total. The fourth-order valence-electron chi connectivity index (χ4n) is 2.02. The van der Waals surface area contributed by atoms with Crippen molar-refractivity contribution in [2.75, 3.05) is 24.5 Å². The Kier molecular flexibility index (Phi) is 6.31. The van der Waals surface area contributed by atoms with Gasteiger partial charge >= 0.3 is 0 Å². The molecular formula is C15H24N4. The third-order valence-electron chi connectivity index (χ3n) is 3.20. The van der Waals surface area contributed by atoms with Gasteiger partial charge < -0.3 is 10.2 Å². The van der Waals surface area contributed by atoms with Crippen LogP contribution in [-0.4, -0.2) is 24.6 Å². The average molecular weight is 260 g/mol. The van der Waals surface area contributed by atoms with E-state index < -0.39 is 0 Å². The second kappa shape index (κ2) is 7.75. The molecule has 2 unspecified atom stereocenters. The van der Waals surface area contributed by atoms with E-state index in [2.05, 4.69) is 48.1 Å². The summed E-state index contributed by atoms with van der Waals surface area (Å²) in [7, 11) is 0. The number of hydrogen-bond acceptors (Lipinski definition) is 4. The van der Waals surface area contributed by atoms with Crippen molar-refractivity contribution in [2.45, 2.75) is 33.7 Å². The quantitative estimate of drug-likeness (QED) is 0.819. The highest BCUT2D eigenvalue weighted by Crippen LogP contribution is 2.16. The molecule has 0 amide bonds. The normalized spacial score (nSPS) is 13.6. The maximum absolute atomic E-state index is 8.90. The minimum Gasteiger partial charge on any atom is -0.356 e. The van der Waals surface area contributed by atoms with Crippen molar-refractivity contribution in [3.8, 4) is 6.07 Å². The molecular weight excluding hydrogens is 236 g/mol. The molecule has 1 aromatic heterocycles. The Labute approximate surface area is 116 Å². The maximum Gasteiger partial charge on any atom is 0.128 e. The minimum absolute atomic E-state index is 0.0158. The smallest absolute Gasteiger partial charge is 0.128 e. The van der Waals surface area contributed by atoms with E-state index in [1.54, 1.807) is 0 Å². The number of hydrogen-bond donors (Lipinski definition) is 1. The van der Waals surface area contributed by atoms with Crippen molar-refractivity contribution in [1.29, 1.82) is 5.26 Å². The third-order valence-corrected chi connectivity index (χ3v) is 3.20. The van der Waals surface area contributed by atoms with Crippen LogP contribution in [0.25, 0.3) is 0 Å². The number of nitriles is 1. The Balaban J connectivity index is 2.76. The van der Waals surface area contributed by atoms with Gasteiger partial charge in [-0.1, -0.05) is 13.0 Å². The standard InChI is InChI=1S/C15H24N4/c1-5-17-13(4)14-7-8-15(18-10-14)19(6-2)11-12(3)9-16/h7-8,10,12-13,17H,5-6,11H2,1-4H3. The fourth-order valence-corrected chi connectivity index (χ4v) is 2.02. The highest BCUT2D eigenvalue weighted by atomic mass is 15.2. The molecule has 104 valence electrons. The Hall–Kier alpha value is -1.60. The van der Waals surface area contributed by atoms with Gasteiger partial charge in [0.15, 0.2) is 0 Å². The summed E-state index contributed by atoms with van der Waals surface area (Å²) in [5.41, 5.74) is 1.19. The monoisotopic (exact) mass is 260 g/mol. The molecule has 0 aliphatic heterocycles. The van der Waals surface area contributed by atoms with E-state index in [0.717, 1.165) is 25.5 Å². The molecule has 4 heteroatoms. The molecule has 0 saturated carbocycles. The van der Waals surface area contributed by atoms with Gasteiger partial charge in [0.25, 0.3) is 0 Å². The first-order valence-corrected chi connectivity index (χ1v) is 6.96. The van der Waals surface area contributed by atoms with Crippen molar-refractivity contribution >= 4 is 5.82 Å². The highest BCUT2D eigenvalue weighted by molar-refractivity contribution is 5.40. The van der Waals surface area contributed by atoms with Crippen LogP contribution in [0.3, 0.4) is 0 Å². The van der Waals surface area contributed by atoms with Crippen molar-refractivity contribution in [1.82, 2.24) is 10.3 Å². The predicted molar refractivity (Wildman–Crippen MR) is 79.0 cm³/mol. The van der Waals surface area contributed by atoms with E-state index in [1.165, 1.54) is 5.56 Å². The number of anilines is 1. The molecule has 19 heavy (non-hydrogen) atoms. The number of nitrogens with zero attached hydrogens (tertiary/aromatic N) is 3. The number of pyridine rings is 1. The number of aromatic nitrogens is 1. The lowest BCUT2D eigenvalue weighted by Gasteiger charge is -2.23. The van der Waals surface area contributed by atoms with E-state index >= 15 is 0 Å². The molecule has 1 heterocycles. The van der Waals surface area contributed by atoms with E-state index in [0.29, 0.717) is 6.04 Å². The first-order valence-electron chi connectivity index (χ1n) is 6.96. The summed E-state index contributed by atoms with van der Waals surface area (Å²) in [5.74, 6) is 0.958. The lowest BCUT2D eigenvalue weighted by Crippen LogP contribution is -2.28. The number of nitrogens with one attached hydrogen (secondary N) is 1. The molecule has 1 rings (SSSR count). The summed E-state index contributed by atoms with van der Waals surface area (Å²) in [6.07, 6.45) is 1.92. The van der Waals surface area contributed by atoms with Crippen LogP contribution in [0.15, 0.2) is 18.3 Å². The van der Waals surface area contributed by atoms with Crippen LogP contribution in [0.5, 0.6) is 0 Å². The Morgan fingerprint density at radius 2 is 2.11 bits per heavy atom. The van der Waals surface area contributed by atoms with Crippen LogP contribution in [0.1, 0.15) is 39.3 Å². The molecule has 0 saturated heterocycles. The molecule has 0 bridgehead atoms. The largest absolute Gasteiger partial charge is 0.356 e. The lowest BCUT2D eigenvalue weighted by molar-refractivity contribution is 0.595. The van der Waals surface area contributed by atoms with Crippen LogP contribution in [-0.2, 0) is 0 Å². The SMILES string of the molecule is CCNC(C)c1ccc(N(CC)CC(C)C#N)nc1. The van der Waals surface area contributed by atoms with E-state index in [-0.39, 0.29) is 5.92 Å². The van der Waals surface area contributed by atoms with Crippen molar-refractivity contribution in [3.63, 3.8) is 0 Å². The molecule has 0 spiro atoms. The predicted octanol–water partition coefficient (Wildman–Crippen LogP) is 2.74. The third kappa shape index (κ3) is 4.53. The van der Waals surface area contributed by atoms with Crippen LogP contribution in [0.4, 0.5) is 5.82 Å². The van der Waals surface area contributed by atoms with Crippen LogP contribution in [0, 0.1) is 17.2 Å². The number of rotatable bonds is 7. The summed E-state index contributed by atoms with van der Waals surface area (Å²) in [6.45, 7) is 10.8. The zero-order valence-corrected chi connectivity index (χ0v) is 12.3. The summed E-state index contributed by atoms with van der Waals surface area (Å²) >= 11 is 0. The van der Waals surface area contributed by atoms with Gasteiger partial charge in [-0.25, -0.2) is 4.98 Å². The van der Waals surface area contributed by atoms with Gasteiger partial charge in [0.1, 0.15) is 5.82 Å². The molecule has 0 aliphatic rings. The van der Waals surface area contributed by atoms with E-state index in [9.17, 15) is 0 Å². The summed E-state index contributed by atoms with van der Waals surface area (Å²) < 4.78 is 0. The lowest BCUT2D eigenvalue weighted by atomic mass is 10.1. The van der Waals surface area contributed by atoms with Gasteiger partial charge in [0.05, 0.1) is 12.0 Å². The highest BCUT2D eigenvalue weighted by Gasteiger charge is 2.11. The zero-order valence-electron chi connectivity index (χ0n) is 12.3. The van der Waals surface area contributed by atoms with Crippen LogP contribution in [0.2, 0.25) is 0 Å². The molecule has 2 atom stereocenters. The molecule has 1 N–H and O–H groups in total. The maximum atomic E-state index is 8.90. The minimum atomic E-state index is 0.0158. The molecule has 0 radical (unpaired) electrons. The Morgan fingerprint density at radius 1 is 1.37 bits per heavy atom. The average Bonchev–Trinajstić information content (AvgIpc) is 2.45. The van der Waals surface area contributed by atoms with Crippen molar-refractivity contribution in [2.24, 2.45) is 5.92 Å². The fraction of sp³-hybridized carbons (Fsp3) is 0.600. The van der Waals surface area contributed by atoms with E-state index in [1.807, 2.05) is 19.2 Å². The van der Waals surface area contributed by atoms with E-state index in [4.69, 9.17) is 5.26 Å². The molecule has 0 fully saturated rings. The van der Waals surface area contributed by atoms with Gasteiger partial charge in [-0.15, -0.1) is 0 Å². The molecule has 0 aromatic carbocycles. The van der Waals surface area contributed by atoms with Gasteiger partial charge in [-0.05, 0) is 38.9 Å². The van der Waals surface area contributed by atoms with Crippen molar-refractivity contribution < 1.29 is 0 Å². The van der Waals surface area contributed by atoms with Crippen LogP contribution >= 0.6 is 0 Å². The summed E-state index contributed by atoms with van der Waals surface area (Å²) in [6, 6.07) is 6.73. The van der Waals surface area contributed by atoms with Gasteiger partial charge in [-0.3, -0.25) is 0 Å². The van der Waals surface area contributed by atoms with Gasteiger partial charge in [0.2, 0.25) is 0 Å². The first-order chi connectivity index (χ1) is 9.12. The second-order valence-electron chi connectivity index (χ2n) is 4.80.